The van der Waals surface area contributed by atoms with Crippen LogP contribution in [0, 0.1) is 0 Å². The Hall–Kier alpha value is -8.06. The van der Waals surface area contributed by atoms with Crippen LogP contribution in [0.15, 0.2) is 136 Å². The number of aromatic carboxylic acids is 2. The van der Waals surface area contributed by atoms with Gasteiger partial charge in [0.1, 0.15) is 39.1 Å². The van der Waals surface area contributed by atoms with Crippen LogP contribution in [0.5, 0.6) is 17.2 Å². The number of aliphatic hydroxyl groups excluding tert-OH is 1. The van der Waals surface area contributed by atoms with E-state index in [0.29, 0.717) is 6.07 Å². The highest BCUT2D eigenvalue weighted by atomic mass is 32.2. The molecular formula is C39H29N7O15S2. The highest BCUT2D eigenvalue weighted by Gasteiger charge is 2.24. The van der Waals surface area contributed by atoms with Crippen molar-refractivity contribution in [2.24, 2.45) is 35.7 Å². The number of aliphatic imine (C=N–C) groups is 1. The third kappa shape index (κ3) is 9.63. The van der Waals surface area contributed by atoms with E-state index in [-0.39, 0.29) is 67.0 Å². The lowest BCUT2D eigenvalue weighted by Crippen LogP contribution is -2.25. The Balaban J connectivity index is 1.47. The van der Waals surface area contributed by atoms with Crippen LogP contribution in [-0.2, 0) is 25.0 Å². The number of phenolic OH excluding ortho intramolecular Hbond substituents is 1. The molecule has 0 radical (unpaired) electrons. The molecule has 63 heavy (non-hydrogen) atoms. The van der Waals surface area contributed by atoms with Crippen molar-refractivity contribution >= 4 is 99.5 Å². The SMILES string of the molecule is COc1cc(N=Nc2ccc(O)c(C(=O)O)c2)c2cc(S(=O)(=O)O)ccc2c1N=Nc1c(O)cc(S(=O)(=O)O)c2cc(N=C(O)C(N=Nc3ccccc3C(=O)O)C(C)=O)ccc12. The Morgan fingerprint density at radius 1 is 0.603 bits per heavy atom. The zero-order chi connectivity index (χ0) is 46.0. The van der Waals surface area contributed by atoms with Gasteiger partial charge < -0.3 is 30.3 Å². The summed E-state index contributed by atoms with van der Waals surface area (Å²) in [4.78, 5) is 38.1. The number of Topliss-reactive ketones (excluding diaryl/α,β-unsaturated/α-hetero) is 1. The molecule has 6 aromatic carbocycles. The van der Waals surface area contributed by atoms with E-state index in [4.69, 9.17) is 4.74 Å². The number of fused-ring (bicyclic) bond motifs is 2. The summed E-state index contributed by atoms with van der Waals surface area (Å²) in [7, 11) is -8.65. The highest BCUT2D eigenvalue weighted by Crippen LogP contribution is 2.46. The number of ether oxygens (including phenoxy) is 1. The van der Waals surface area contributed by atoms with Crippen LogP contribution >= 0.6 is 0 Å². The number of hydrogen-bond acceptors (Lipinski definition) is 17. The van der Waals surface area contributed by atoms with Crippen molar-refractivity contribution in [1.29, 1.82) is 0 Å². The van der Waals surface area contributed by atoms with E-state index in [1.807, 2.05) is 0 Å². The maximum atomic E-state index is 12.5. The van der Waals surface area contributed by atoms with Gasteiger partial charge in [-0.3, -0.25) is 13.9 Å². The third-order valence-corrected chi connectivity index (χ3v) is 10.6. The van der Waals surface area contributed by atoms with E-state index in [9.17, 15) is 65.9 Å². The van der Waals surface area contributed by atoms with Crippen molar-refractivity contribution in [3.05, 3.63) is 102 Å². The van der Waals surface area contributed by atoms with Gasteiger partial charge in [-0.1, -0.05) is 18.2 Å². The second-order valence-corrected chi connectivity index (χ2v) is 15.8. The predicted octanol–water partition coefficient (Wildman–Crippen LogP) is 8.46. The number of benzene rings is 6. The van der Waals surface area contributed by atoms with Crippen molar-refractivity contribution < 1.29 is 70.6 Å². The molecule has 22 nitrogen and oxygen atoms in total. The number of hydrogen-bond donors (Lipinski definition) is 7. The molecule has 0 saturated carbocycles. The summed E-state index contributed by atoms with van der Waals surface area (Å²) in [5, 5.41) is 74.2. The fourth-order valence-corrected chi connectivity index (χ4v) is 7.14. The Kier molecular flexibility index (Phi) is 12.4. The first-order valence-electron chi connectivity index (χ1n) is 17.5. The number of carbonyl (C=O) groups excluding carboxylic acids is 1. The van der Waals surface area contributed by atoms with Crippen LogP contribution < -0.4 is 4.74 Å². The predicted molar refractivity (Wildman–Crippen MR) is 221 cm³/mol. The summed E-state index contributed by atoms with van der Waals surface area (Å²) < 4.78 is 74.8. The zero-order valence-corrected chi connectivity index (χ0v) is 33.7. The van der Waals surface area contributed by atoms with Gasteiger partial charge in [0.25, 0.3) is 20.2 Å². The van der Waals surface area contributed by atoms with Gasteiger partial charge in [0.05, 0.1) is 40.3 Å². The van der Waals surface area contributed by atoms with Crippen LogP contribution in [-0.4, -0.2) is 88.2 Å². The maximum Gasteiger partial charge on any atom is 0.339 e. The fraction of sp³-hybridized carbons (Fsp3) is 0.0769. The molecule has 0 aliphatic heterocycles. The van der Waals surface area contributed by atoms with Crippen molar-refractivity contribution in [3.63, 3.8) is 0 Å². The molecule has 0 spiro atoms. The molecule has 0 aliphatic carbocycles. The van der Waals surface area contributed by atoms with Crippen molar-refractivity contribution in [2.75, 3.05) is 7.11 Å². The molecule has 0 amide bonds. The number of nitrogens with zero attached hydrogens (tertiary/aromatic N) is 7. The fourth-order valence-electron chi connectivity index (χ4n) is 5.92. The van der Waals surface area contributed by atoms with Gasteiger partial charge in [-0.25, -0.2) is 14.6 Å². The molecule has 0 aromatic heterocycles. The lowest BCUT2D eigenvalue weighted by atomic mass is 10.1. The standard InChI is InChI=1S/C39H29N7O15S2/c1-18(47)34(44-42-28-6-4-3-5-24(28)38(51)52)37(50)40-19-7-10-23-26(13-19)33(63(58,59)60)17-31(49)35(23)45-46-36-22-11-9-21(62(55,56)57)15-25(22)29(16-32(36)61-2)43-41-20-8-12-30(48)27(14-20)39(53)54/h3-17,34,48-49H,1-2H3,(H,40,50)(H,51,52)(H,53,54)(H,55,56,57)(H,58,59,60). The largest absolute Gasteiger partial charge is 0.507 e. The second kappa shape index (κ2) is 17.5. The normalized spacial score (nSPS) is 13.0. The Labute approximate surface area is 354 Å². The van der Waals surface area contributed by atoms with Crippen molar-refractivity contribution in [1.82, 2.24) is 0 Å². The monoisotopic (exact) mass is 899 g/mol. The number of carbonyl (C=O) groups is 3. The summed E-state index contributed by atoms with van der Waals surface area (Å²) in [6, 6.07) is 15.7. The molecule has 6 rings (SSSR count). The quantitative estimate of drug-likeness (QED) is 0.0233. The van der Waals surface area contributed by atoms with Gasteiger partial charge in [-0.05, 0) is 67.6 Å². The van der Waals surface area contributed by atoms with E-state index in [0.717, 1.165) is 37.3 Å². The molecular weight excluding hydrogens is 871 g/mol. The molecule has 322 valence electrons. The van der Waals surface area contributed by atoms with E-state index in [2.05, 4.69) is 35.7 Å². The van der Waals surface area contributed by atoms with E-state index in [1.54, 1.807) is 0 Å². The van der Waals surface area contributed by atoms with Crippen LogP contribution in [0.25, 0.3) is 21.5 Å². The zero-order valence-electron chi connectivity index (χ0n) is 32.1. The van der Waals surface area contributed by atoms with Gasteiger partial charge in [0.2, 0.25) is 11.9 Å². The average molecular weight is 900 g/mol. The summed E-state index contributed by atoms with van der Waals surface area (Å²) in [6.45, 7) is 1.05. The van der Waals surface area contributed by atoms with E-state index in [1.165, 1.54) is 61.7 Å². The third-order valence-electron chi connectivity index (χ3n) is 8.88. The molecule has 1 unspecified atom stereocenters. The Morgan fingerprint density at radius 3 is 1.90 bits per heavy atom. The first-order valence-corrected chi connectivity index (χ1v) is 20.4. The van der Waals surface area contributed by atoms with Crippen molar-refractivity contribution in [2.45, 2.75) is 22.8 Å². The highest BCUT2D eigenvalue weighted by molar-refractivity contribution is 7.86. The van der Waals surface area contributed by atoms with E-state index < -0.39 is 76.8 Å². The van der Waals surface area contributed by atoms with Crippen LogP contribution in [0.1, 0.15) is 27.6 Å². The van der Waals surface area contributed by atoms with Gasteiger partial charge in [0, 0.05) is 33.7 Å². The topological polar surface area (TPSA) is 357 Å². The first kappa shape index (κ1) is 44.5. The van der Waals surface area contributed by atoms with Gasteiger partial charge in [-0.2, -0.15) is 32.2 Å². The first-order chi connectivity index (χ1) is 29.7. The average Bonchev–Trinajstić information content (AvgIpc) is 3.21. The Bertz CT molecular complexity index is 3260. The number of rotatable bonds is 14. The van der Waals surface area contributed by atoms with Crippen LogP contribution in [0.4, 0.5) is 34.1 Å². The summed E-state index contributed by atoms with van der Waals surface area (Å²) in [5.41, 5.74) is -1.70. The number of methoxy groups -OCH3 is 1. The van der Waals surface area contributed by atoms with Crippen LogP contribution in [0.2, 0.25) is 0 Å². The van der Waals surface area contributed by atoms with Crippen LogP contribution in [0.3, 0.4) is 0 Å². The summed E-state index contributed by atoms with van der Waals surface area (Å²) in [5.74, 6) is -5.91. The summed E-state index contributed by atoms with van der Waals surface area (Å²) >= 11 is 0. The minimum atomic E-state index is -5.09. The molecule has 7 N–H and O–H groups in total. The number of azo groups is 3. The lowest BCUT2D eigenvalue weighted by Gasteiger charge is -2.12. The van der Waals surface area contributed by atoms with Gasteiger partial charge in [-0.15, -0.1) is 15.3 Å². The number of carboxylic acid groups (broad SMARTS) is 2. The lowest BCUT2D eigenvalue weighted by molar-refractivity contribution is -0.117. The summed E-state index contributed by atoms with van der Waals surface area (Å²) in [6.07, 6.45) is 0. The second-order valence-electron chi connectivity index (χ2n) is 13.0. The number of phenols is 2. The molecule has 6 aromatic rings. The van der Waals surface area contributed by atoms with Gasteiger partial charge >= 0.3 is 11.9 Å². The molecule has 0 heterocycles. The number of ketones is 1. The molecule has 0 bridgehead atoms. The smallest absolute Gasteiger partial charge is 0.339 e. The van der Waals surface area contributed by atoms with Gasteiger partial charge in [0.15, 0.2) is 5.78 Å². The maximum absolute atomic E-state index is 12.5. The minimum Gasteiger partial charge on any atom is -0.507 e. The molecule has 1 atom stereocenters. The van der Waals surface area contributed by atoms with E-state index >= 15 is 0 Å². The van der Waals surface area contributed by atoms with Crippen molar-refractivity contribution in [3.8, 4) is 17.2 Å². The number of aliphatic hydroxyl groups is 1. The Morgan fingerprint density at radius 2 is 1.25 bits per heavy atom. The molecule has 24 heteroatoms. The molecule has 0 saturated heterocycles. The number of aromatic hydroxyl groups is 2. The molecule has 0 fully saturated rings. The number of carboxylic acids is 2. The minimum absolute atomic E-state index is 0.0199. The molecule has 0 aliphatic rings.